The quantitative estimate of drug-likeness (QED) is 0.795. The summed E-state index contributed by atoms with van der Waals surface area (Å²) in [5.74, 6) is -0.330. The van der Waals surface area contributed by atoms with Crippen molar-refractivity contribution >= 4 is 33.2 Å². The van der Waals surface area contributed by atoms with Crippen LogP contribution in [-0.4, -0.2) is 26.6 Å². The Hall–Kier alpha value is -2.05. The number of carbonyl (C=O) groups excluding carboxylic acids is 1. The van der Waals surface area contributed by atoms with Crippen molar-refractivity contribution in [3.8, 4) is 0 Å². The van der Waals surface area contributed by atoms with E-state index in [1.54, 1.807) is 25.1 Å². The van der Waals surface area contributed by atoms with E-state index in [-0.39, 0.29) is 11.9 Å². The highest BCUT2D eigenvalue weighted by molar-refractivity contribution is 7.92. The molecule has 0 unspecified atom stereocenters. The molecule has 1 N–H and O–H groups in total. The van der Waals surface area contributed by atoms with Crippen molar-refractivity contribution in [3.05, 3.63) is 64.2 Å². The van der Waals surface area contributed by atoms with Crippen molar-refractivity contribution in [2.24, 2.45) is 0 Å². The zero-order valence-electron chi connectivity index (χ0n) is 16.3. The molecule has 0 heterocycles. The lowest BCUT2D eigenvalue weighted by Gasteiger charge is -2.32. The minimum Gasteiger partial charge on any atom is -0.347 e. The zero-order valence-corrected chi connectivity index (χ0v) is 17.8. The van der Waals surface area contributed by atoms with Gasteiger partial charge in [0.05, 0.1) is 18.0 Å². The fourth-order valence-electron chi connectivity index (χ4n) is 3.72. The molecule has 2 atom stereocenters. The van der Waals surface area contributed by atoms with E-state index in [1.807, 2.05) is 25.1 Å². The maximum atomic E-state index is 13.0. The van der Waals surface area contributed by atoms with Gasteiger partial charge >= 0.3 is 0 Å². The van der Waals surface area contributed by atoms with Gasteiger partial charge in [0.25, 0.3) is 0 Å². The number of amides is 1. The van der Waals surface area contributed by atoms with Crippen LogP contribution in [0.15, 0.2) is 42.5 Å². The SMILES string of the molecule is Cc1ccc(N([C@H](C)C(=O)N[C@H]2CCCc3ccccc32)S(C)(=O)=O)cc1Cl. The number of anilines is 1. The van der Waals surface area contributed by atoms with Gasteiger partial charge in [-0.3, -0.25) is 9.10 Å². The lowest BCUT2D eigenvalue weighted by Crippen LogP contribution is -2.49. The molecule has 1 amide bonds. The van der Waals surface area contributed by atoms with Crippen molar-refractivity contribution in [2.75, 3.05) is 10.6 Å². The molecule has 0 saturated carbocycles. The minimum absolute atomic E-state index is 0.108. The third-order valence-electron chi connectivity index (χ3n) is 5.18. The molecule has 1 aliphatic carbocycles. The first-order valence-corrected chi connectivity index (χ1v) is 11.5. The highest BCUT2D eigenvalue weighted by Gasteiger charge is 2.31. The summed E-state index contributed by atoms with van der Waals surface area (Å²) in [7, 11) is -3.68. The fraction of sp³-hybridized carbons (Fsp3) is 0.381. The van der Waals surface area contributed by atoms with Gasteiger partial charge in [-0.1, -0.05) is 41.9 Å². The highest BCUT2D eigenvalue weighted by atomic mass is 35.5. The topological polar surface area (TPSA) is 66.5 Å². The van der Waals surface area contributed by atoms with Crippen LogP contribution in [0.1, 0.15) is 42.5 Å². The summed E-state index contributed by atoms with van der Waals surface area (Å²) < 4.78 is 26.1. The average Bonchev–Trinajstić information content (AvgIpc) is 2.64. The maximum absolute atomic E-state index is 13.0. The van der Waals surface area contributed by atoms with Crippen LogP contribution in [0.2, 0.25) is 5.02 Å². The molecule has 0 radical (unpaired) electrons. The molecule has 1 aliphatic rings. The normalized spacial score (nSPS) is 17.5. The Balaban J connectivity index is 1.86. The zero-order chi connectivity index (χ0) is 20.5. The van der Waals surface area contributed by atoms with E-state index in [9.17, 15) is 13.2 Å². The monoisotopic (exact) mass is 420 g/mol. The standard InChI is InChI=1S/C21H25ClN2O3S/c1-14-11-12-17(13-19(14)22)24(28(3,26)27)15(2)21(25)23-20-10-6-8-16-7-4-5-9-18(16)20/h4-5,7,9,11-13,15,20H,6,8,10H2,1-3H3,(H,23,25)/t15-,20+/m1/s1. The van der Waals surface area contributed by atoms with Gasteiger partial charge in [-0.05, 0) is 61.9 Å². The molecule has 0 bridgehead atoms. The van der Waals surface area contributed by atoms with Gasteiger partial charge in [-0.15, -0.1) is 0 Å². The summed E-state index contributed by atoms with van der Waals surface area (Å²) in [6.45, 7) is 3.44. The molecule has 150 valence electrons. The number of hydrogen-bond donors (Lipinski definition) is 1. The number of halogens is 1. The van der Waals surface area contributed by atoms with Gasteiger partial charge in [0.1, 0.15) is 6.04 Å². The van der Waals surface area contributed by atoms with Crippen LogP contribution in [0.5, 0.6) is 0 Å². The van der Waals surface area contributed by atoms with Gasteiger partial charge in [0.2, 0.25) is 15.9 Å². The van der Waals surface area contributed by atoms with Gasteiger partial charge < -0.3 is 5.32 Å². The summed E-state index contributed by atoms with van der Waals surface area (Å²) in [5, 5.41) is 3.50. The van der Waals surface area contributed by atoms with Crippen LogP contribution in [0.4, 0.5) is 5.69 Å². The van der Waals surface area contributed by atoms with E-state index < -0.39 is 16.1 Å². The van der Waals surface area contributed by atoms with E-state index in [1.165, 1.54) is 5.56 Å². The van der Waals surface area contributed by atoms with Crippen LogP contribution in [0.3, 0.4) is 0 Å². The Morgan fingerprint density at radius 1 is 1.25 bits per heavy atom. The third-order valence-corrected chi connectivity index (χ3v) is 6.83. The molecule has 0 fully saturated rings. The minimum atomic E-state index is -3.68. The molecule has 0 aliphatic heterocycles. The van der Waals surface area contributed by atoms with Gasteiger partial charge in [0.15, 0.2) is 0 Å². The second-order valence-corrected chi connectivity index (χ2v) is 9.59. The summed E-state index contributed by atoms with van der Waals surface area (Å²) in [6, 6.07) is 12.1. The molecule has 28 heavy (non-hydrogen) atoms. The molecule has 0 aromatic heterocycles. The van der Waals surface area contributed by atoms with E-state index in [4.69, 9.17) is 11.6 Å². The molecule has 3 rings (SSSR count). The lowest BCUT2D eigenvalue weighted by molar-refractivity contribution is -0.122. The summed E-state index contributed by atoms with van der Waals surface area (Å²) in [5.41, 5.74) is 3.56. The second kappa shape index (κ2) is 8.13. The van der Waals surface area contributed by atoms with E-state index in [2.05, 4.69) is 11.4 Å². The van der Waals surface area contributed by atoms with E-state index in [0.717, 1.165) is 41.0 Å². The number of rotatable bonds is 5. The van der Waals surface area contributed by atoms with Crippen LogP contribution >= 0.6 is 11.6 Å². The number of fused-ring (bicyclic) bond motifs is 1. The Bertz CT molecular complexity index is 991. The fourth-order valence-corrected chi connectivity index (χ4v) is 5.07. The highest BCUT2D eigenvalue weighted by Crippen LogP contribution is 2.30. The van der Waals surface area contributed by atoms with Crippen molar-refractivity contribution in [1.82, 2.24) is 5.32 Å². The Morgan fingerprint density at radius 2 is 1.96 bits per heavy atom. The Kier molecular flexibility index (Phi) is 6.01. The lowest BCUT2D eigenvalue weighted by atomic mass is 9.87. The molecule has 2 aromatic rings. The van der Waals surface area contributed by atoms with Crippen molar-refractivity contribution in [3.63, 3.8) is 0 Å². The Morgan fingerprint density at radius 3 is 2.64 bits per heavy atom. The van der Waals surface area contributed by atoms with Crippen molar-refractivity contribution in [2.45, 2.75) is 45.2 Å². The third kappa shape index (κ3) is 4.33. The average molecular weight is 421 g/mol. The van der Waals surface area contributed by atoms with Gasteiger partial charge in [-0.2, -0.15) is 0 Å². The van der Waals surface area contributed by atoms with Crippen LogP contribution in [0, 0.1) is 6.92 Å². The van der Waals surface area contributed by atoms with Gasteiger partial charge in [0, 0.05) is 5.02 Å². The number of carbonyl (C=O) groups is 1. The largest absolute Gasteiger partial charge is 0.347 e. The first-order valence-electron chi connectivity index (χ1n) is 9.32. The molecular formula is C21H25ClN2O3S. The molecule has 2 aromatic carbocycles. The molecule has 0 spiro atoms. The maximum Gasteiger partial charge on any atom is 0.244 e. The number of hydrogen-bond acceptors (Lipinski definition) is 3. The first kappa shape index (κ1) is 20.7. The number of nitrogens with one attached hydrogen (secondary N) is 1. The van der Waals surface area contributed by atoms with E-state index in [0.29, 0.717) is 10.7 Å². The van der Waals surface area contributed by atoms with Crippen LogP contribution in [0.25, 0.3) is 0 Å². The summed E-state index contributed by atoms with van der Waals surface area (Å²) >= 11 is 6.18. The number of sulfonamides is 1. The predicted octanol–water partition coefficient (Wildman–Crippen LogP) is 4.00. The molecule has 7 heteroatoms. The second-order valence-electron chi connectivity index (χ2n) is 7.32. The number of benzene rings is 2. The van der Waals surface area contributed by atoms with Crippen molar-refractivity contribution < 1.29 is 13.2 Å². The van der Waals surface area contributed by atoms with Crippen LogP contribution < -0.4 is 9.62 Å². The Labute approximate surface area is 171 Å². The van der Waals surface area contributed by atoms with Crippen molar-refractivity contribution in [1.29, 1.82) is 0 Å². The van der Waals surface area contributed by atoms with Crippen LogP contribution in [-0.2, 0) is 21.2 Å². The predicted molar refractivity (Wildman–Crippen MR) is 113 cm³/mol. The number of nitrogens with zero attached hydrogens (tertiary/aromatic N) is 1. The summed E-state index contributed by atoms with van der Waals surface area (Å²) in [4.78, 5) is 13.0. The molecule has 5 nitrogen and oxygen atoms in total. The first-order chi connectivity index (χ1) is 13.2. The smallest absolute Gasteiger partial charge is 0.244 e. The van der Waals surface area contributed by atoms with E-state index >= 15 is 0 Å². The summed E-state index contributed by atoms with van der Waals surface area (Å²) in [6.07, 6.45) is 3.92. The number of aryl methyl sites for hydroxylation is 2. The van der Waals surface area contributed by atoms with Gasteiger partial charge in [-0.25, -0.2) is 8.42 Å². The molecular weight excluding hydrogens is 396 g/mol. The molecule has 0 saturated heterocycles.